The fraction of sp³-hybridized carbons (Fsp3) is 0.562. The Morgan fingerprint density at radius 3 is 3.06 bits per heavy atom. The third kappa shape index (κ3) is 4.16. The van der Waals surface area contributed by atoms with Crippen molar-refractivity contribution in [2.75, 3.05) is 13.1 Å². The lowest BCUT2D eigenvalue weighted by atomic mass is 9.93. The zero-order valence-electron chi connectivity index (χ0n) is 11.0. The molecule has 2 nitrogen and oxygen atoms in total. The Morgan fingerprint density at radius 2 is 2.28 bits per heavy atom. The Morgan fingerprint density at radius 1 is 1.33 bits per heavy atom. The molecule has 96 valence electrons. The molecular formula is C16H22N2. The number of nitriles is 1. The van der Waals surface area contributed by atoms with Gasteiger partial charge in [-0.25, -0.2) is 0 Å². The molecule has 1 fully saturated rings. The average Bonchev–Trinajstić information content (AvgIpc) is 2.45. The summed E-state index contributed by atoms with van der Waals surface area (Å²) in [4.78, 5) is 0. The van der Waals surface area contributed by atoms with E-state index in [1.807, 2.05) is 18.2 Å². The molecule has 1 aliphatic rings. The second-order valence-electron chi connectivity index (χ2n) is 5.27. The van der Waals surface area contributed by atoms with E-state index in [-0.39, 0.29) is 0 Å². The van der Waals surface area contributed by atoms with Crippen molar-refractivity contribution < 1.29 is 0 Å². The number of unbranched alkanes of at least 4 members (excludes halogenated alkanes) is 1. The molecule has 1 aliphatic heterocycles. The van der Waals surface area contributed by atoms with E-state index in [2.05, 4.69) is 17.5 Å². The predicted molar refractivity (Wildman–Crippen MR) is 74.3 cm³/mol. The summed E-state index contributed by atoms with van der Waals surface area (Å²) in [5, 5.41) is 12.3. The maximum atomic E-state index is 8.85. The Hall–Kier alpha value is -1.33. The van der Waals surface area contributed by atoms with E-state index in [0.29, 0.717) is 0 Å². The summed E-state index contributed by atoms with van der Waals surface area (Å²) < 4.78 is 0. The molecule has 0 saturated carbocycles. The third-order valence-corrected chi connectivity index (χ3v) is 3.78. The number of aryl methyl sites for hydroxylation is 1. The largest absolute Gasteiger partial charge is 0.316 e. The topological polar surface area (TPSA) is 35.8 Å². The fourth-order valence-corrected chi connectivity index (χ4v) is 2.73. The van der Waals surface area contributed by atoms with Crippen molar-refractivity contribution in [1.82, 2.24) is 5.32 Å². The minimum atomic E-state index is 0.781. The van der Waals surface area contributed by atoms with Crippen LogP contribution in [0.4, 0.5) is 0 Å². The van der Waals surface area contributed by atoms with Crippen LogP contribution in [0.2, 0.25) is 0 Å². The van der Waals surface area contributed by atoms with Crippen LogP contribution in [-0.4, -0.2) is 13.1 Å². The van der Waals surface area contributed by atoms with Gasteiger partial charge in [-0.05, 0) is 68.8 Å². The lowest BCUT2D eigenvalue weighted by Crippen LogP contribution is -2.29. The number of piperidine rings is 1. The molecule has 1 aromatic carbocycles. The number of benzene rings is 1. The molecule has 0 bridgehead atoms. The summed E-state index contributed by atoms with van der Waals surface area (Å²) in [5.74, 6) is 0.893. The van der Waals surface area contributed by atoms with Crippen LogP contribution in [0.5, 0.6) is 0 Å². The zero-order valence-corrected chi connectivity index (χ0v) is 11.0. The van der Waals surface area contributed by atoms with Crippen molar-refractivity contribution in [1.29, 1.82) is 5.26 Å². The molecular weight excluding hydrogens is 220 g/mol. The van der Waals surface area contributed by atoms with Gasteiger partial charge in [0.1, 0.15) is 0 Å². The Kier molecular flexibility index (Phi) is 5.23. The lowest BCUT2D eigenvalue weighted by molar-refractivity contribution is 0.348. The molecule has 0 aliphatic carbocycles. The summed E-state index contributed by atoms with van der Waals surface area (Å²) in [7, 11) is 0. The van der Waals surface area contributed by atoms with Crippen molar-refractivity contribution in [3.63, 3.8) is 0 Å². The number of nitrogens with zero attached hydrogens (tertiary/aromatic N) is 1. The van der Waals surface area contributed by atoms with Gasteiger partial charge >= 0.3 is 0 Å². The van der Waals surface area contributed by atoms with Gasteiger partial charge in [-0.1, -0.05) is 18.6 Å². The molecule has 18 heavy (non-hydrogen) atoms. The van der Waals surface area contributed by atoms with E-state index in [4.69, 9.17) is 5.26 Å². The van der Waals surface area contributed by atoms with Gasteiger partial charge in [0.2, 0.25) is 0 Å². The molecule has 1 atom stereocenters. The molecule has 1 N–H and O–H groups in total. The van der Waals surface area contributed by atoms with Gasteiger partial charge in [0.25, 0.3) is 0 Å². The van der Waals surface area contributed by atoms with Crippen LogP contribution in [0.25, 0.3) is 0 Å². The molecule has 1 heterocycles. The van der Waals surface area contributed by atoms with Crippen molar-refractivity contribution in [2.24, 2.45) is 5.92 Å². The number of rotatable bonds is 5. The molecule has 0 spiro atoms. The van der Waals surface area contributed by atoms with E-state index in [1.165, 1.54) is 50.8 Å². The van der Waals surface area contributed by atoms with Crippen LogP contribution in [0.3, 0.4) is 0 Å². The Bertz CT molecular complexity index is 400. The van der Waals surface area contributed by atoms with Crippen LogP contribution in [0.15, 0.2) is 24.3 Å². The van der Waals surface area contributed by atoms with Crippen LogP contribution in [0, 0.1) is 17.2 Å². The Balaban J connectivity index is 1.67. The minimum Gasteiger partial charge on any atom is -0.316 e. The molecule has 2 heteroatoms. The van der Waals surface area contributed by atoms with E-state index in [0.717, 1.165) is 17.9 Å². The molecule has 1 unspecified atom stereocenters. The SMILES string of the molecule is N#Cc1cccc(CCCCC2CCCNC2)c1. The lowest BCUT2D eigenvalue weighted by Gasteiger charge is -2.22. The van der Waals surface area contributed by atoms with E-state index >= 15 is 0 Å². The van der Waals surface area contributed by atoms with Gasteiger partial charge in [-0.3, -0.25) is 0 Å². The second-order valence-corrected chi connectivity index (χ2v) is 5.27. The average molecular weight is 242 g/mol. The Labute approximate surface area is 110 Å². The summed E-state index contributed by atoms with van der Waals surface area (Å²) in [6.07, 6.45) is 7.75. The first-order valence-corrected chi connectivity index (χ1v) is 7.08. The predicted octanol–water partition coefficient (Wildman–Crippen LogP) is 3.27. The summed E-state index contributed by atoms with van der Waals surface area (Å²) in [6.45, 7) is 2.42. The van der Waals surface area contributed by atoms with E-state index < -0.39 is 0 Å². The van der Waals surface area contributed by atoms with E-state index in [1.54, 1.807) is 0 Å². The zero-order chi connectivity index (χ0) is 12.6. The fourth-order valence-electron chi connectivity index (χ4n) is 2.73. The second kappa shape index (κ2) is 7.18. The van der Waals surface area contributed by atoms with Gasteiger partial charge in [-0.2, -0.15) is 5.26 Å². The van der Waals surface area contributed by atoms with Gasteiger partial charge in [0, 0.05) is 0 Å². The monoisotopic (exact) mass is 242 g/mol. The summed E-state index contributed by atoms with van der Waals surface area (Å²) in [6, 6.07) is 10.2. The number of hydrogen-bond donors (Lipinski definition) is 1. The number of hydrogen-bond acceptors (Lipinski definition) is 2. The molecule has 1 saturated heterocycles. The molecule has 2 rings (SSSR count). The summed E-state index contributed by atoms with van der Waals surface area (Å²) in [5.41, 5.74) is 2.08. The first kappa shape index (κ1) is 13.1. The quantitative estimate of drug-likeness (QED) is 0.804. The van der Waals surface area contributed by atoms with Gasteiger partial charge in [0.15, 0.2) is 0 Å². The summed E-state index contributed by atoms with van der Waals surface area (Å²) >= 11 is 0. The standard InChI is InChI=1S/C16H22N2/c17-12-16-8-3-7-14(11-16)5-1-2-6-15-9-4-10-18-13-15/h3,7-8,11,15,18H,1-2,4-6,9-10,13H2. The highest BCUT2D eigenvalue weighted by molar-refractivity contribution is 5.32. The minimum absolute atomic E-state index is 0.781. The first-order chi connectivity index (χ1) is 8.88. The van der Waals surface area contributed by atoms with Gasteiger partial charge < -0.3 is 5.32 Å². The molecule has 0 amide bonds. The van der Waals surface area contributed by atoms with Gasteiger partial charge in [-0.15, -0.1) is 0 Å². The van der Waals surface area contributed by atoms with Crippen LogP contribution in [0.1, 0.15) is 43.2 Å². The van der Waals surface area contributed by atoms with E-state index in [9.17, 15) is 0 Å². The van der Waals surface area contributed by atoms with Crippen LogP contribution >= 0.6 is 0 Å². The van der Waals surface area contributed by atoms with Crippen LogP contribution in [-0.2, 0) is 6.42 Å². The van der Waals surface area contributed by atoms with Gasteiger partial charge in [0.05, 0.1) is 11.6 Å². The number of nitrogens with one attached hydrogen (secondary N) is 1. The van der Waals surface area contributed by atoms with Crippen molar-refractivity contribution in [2.45, 2.75) is 38.5 Å². The maximum Gasteiger partial charge on any atom is 0.0991 e. The van der Waals surface area contributed by atoms with Crippen molar-refractivity contribution in [3.05, 3.63) is 35.4 Å². The van der Waals surface area contributed by atoms with Crippen molar-refractivity contribution in [3.8, 4) is 6.07 Å². The van der Waals surface area contributed by atoms with Crippen LogP contribution < -0.4 is 5.32 Å². The normalized spacial score (nSPS) is 19.4. The molecule has 1 aromatic rings. The third-order valence-electron chi connectivity index (χ3n) is 3.78. The molecule has 0 aromatic heterocycles. The highest BCUT2D eigenvalue weighted by atomic mass is 14.9. The highest BCUT2D eigenvalue weighted by Gasteiger charge is 2.11. The highest BCUT2D eigenvalue weighted by Crippen LogP contribution is 2.18. The first-order valence-electron chi connectivity index (χ1n) is 7.08. The smallest absolute Gasteiger partial charge is 0.0991 e. The molecule has 0 radical (unpaired) electrons. The maximum absolute atomic E-state index is 8.85. The van der Waals surface area contributed by atoms with Crippen molar-refractivity contribution >= 4 is 0 Å².